The maximum absolute atomic E-state index is 14.7. The van der Waals surface area contributed by atoms with E-state index in [-0.39, 0.29) is 35.7 Å². The first kappa shape index (κ1) is 23.1. The fraction of sp³-hybridized carbons (Fsp3) is 0.360. The number of aromatic nitrogens is 2. The molecular formula is C25H21ClFN3O6. The minimum Gasteiger partial charge on any atom is -0.458 e. The van der Waals surface area contributed by atoms with Crippen LogP contribution in [-0.2, 0) is 39.5 Å². The lowest BCUT2D eigenvalue weighted by atomic mass is 9.83. The molecule has 1 aliphatic carbocycles. The second-order valence-electron chi connectivity index (χ2n) is 9.32. The molecule has 3 N–H and O–H groups in total. The quantitative estimate of drug-likeness (QED) is 0.357. The summed E-state index contributed by atoms with van der Waals surface area (Å²) in [5.74, 6) is -2.02. The molecule has 6 rings (SSSR count). The van der Waals surface area contributed by atoms with Gasteiger partial charge in [0.25, 0.3) is 5.56 Å². The van der Waals surface area contributed by atoms with E-state index >= 15 is 0 Å². The van der Waals surface area contributed by atoms with Crippen molar-refractivity contribution in [2.75, 3.05) is 6.61 Å². The number of hydrogen-bond donors (Lipinski definition) is 3. The molecule has 36 heavy (non-hydrogen) atoms. The number of nitrogens with zero attached hydrogens (tertiary/aromatic N) is 2. The third-order valence-electron chi connectivity index (χ3n) is 7.52. The van der Waals surface area contributed by atoms with Crippen LogP contribution in [0.1, 0.15) is 53.6 Å². The Kier molecular flexibility index (Phi) is 5.02. The molecule has 0 spiro atoms. The van der Waals surface area contributed by atoms with Crippen molar-refractivity contribution in [3.63, 3.8) is 0 Å². The molecule has 0 bridgehead atoms. The van der Waals surface area contributed by atoms with Crippen molar-refractivity contribution < 1.29 is 28.9 Å². The molecule has 1 aromatic carbocycles. The van der Waals surface area contributed by atoms with Crippen molar-refractivity contribution in [3.8, 4) is 11.4 Å². The van der Waals surface area contributed by atoms with Crippen LogP contribution >= 0.6 is 11.6 Å². The number of rotatable bonds is 3. The van der Waals surface area contributed by atoms with E-state index in [4.69, 9.17) is 21.3 Å². The van der Waals surface area contributed by atoms with Gasteiger partial charge in [0.2, 0.25) is 5.91 Å². The van der Waals surface area contributed by atoms with Gasteiger partial charge < -0.3 is 24.8 Å². The molecule has 1 amide bonds. The van der Waals surface area contributed by atoms with Gasteiger partial charge in [0.1, 0.15) is 19.0 Å². The average molecular weight is 514 g/mol. The molecule has 11 heteroatoms. The molecule has 0 radical (unpaired) electrons. The third-order valence-corrected chi connectivity index (χ3v) is 7.93. The smallest absolute Gasteiger partial charge is 0.343 e. The predicted molar refractivity (Wildman–Crippen MR) is 126 cm³/mol. The Morgan fingerprint density at radius 3 is 2.83 bits per heavy atom. The van der Waals surface area contributed by atoms with Crippen molar-refractivity contribution in [1.82, 2.24) is 14.9 Å². The van der Waals surface area contributed by atoms with Crippen molar-refractivity contribution in [3.05, 3.63) is 61.1 Å². The molecule has 186 valence electrons. The van der Waals surface area contributed by atoms with Crippen LogP contribution in [-0.4, -0.2) is 38.2 Å². The maximum Gasteiger partial charge on any atom is 0.343 e. The number of aryl methyl sites for hydroxylation is 1. The first-order valence-electron chi connectivity index (χ1n) is 11.6. The van der Waals surface area contributed by atoms with Crippen LogP contribution < -0.4 is 10.9 Å². The van der Waals surface area contributed by atoms with Gasteiger partial charge in [-0.2, -0.15) is 0 Å². The van der Waals surface area contributed by atoms with E-state index in [1.54, 1.807) is 13.0 Å². The number of pyridine rings is 2. The Morgan fingerprint density at radius 2 is 2.11 bits per heavy atom. The van der Waals surface area contributed by atoms with Crippen molar-refractivity contribution in [2.24, 2.45) is 0 Å². The molecule has 0 fully saturated rings. The molecule has 0 saturated heterocycles. The normalized spacial score (nSPS) is 21.6. The average Bonchev–Trinajstić information content (AvgIpc) is 3.24. The molecule has 2 atom stereocenters. The predicted octanol–water partition coefficient (Wildman–Crippen LogP) is 1.97. The van der Waals surface area contributed by atoms with Gasteiger partial charge in [0.15, 0.2) is 5.60 Å². The Morgan fingerprint density at radius 1 is 1.33 bits per heavy atom. The zero-order valence-electron chi connectivity index (χ0n) is 19.2. The monoisotopic (exact) mass is 513 g/mol. The number of carbonyl (C=O) groups excluding carboxylic acids is 2. The van der Waals surface area contributed by atoms with Crippen LogP contribution in [0, 0.1) is 5.82 Å². The number of amides is 1. The van der Waals surface area contributed by atoms with Gasteiger partial charge in [-0.1, -0.05) is 18.5 Å². The molecule has 0 saturated carbocycles. The summed E-state index contributed by atoms with van der Waals surface area (Å²) >= 11 is 6.31. The number of cyclic esters (lactones) is 1. The summed E-state index contributed by atoms with van der Waals surface area (Å²) in [6, 6.07) is 2.28. The van der Waals surface area contributed by atoms with E-state index in [2.05, 4.69) is 5.32 Å². The fourth-order valence-electron chi connectivity index (χ4n) is 5.74. The van der Waals surface area contributed by atoms with E-state index in [9.17, 15) is 29.0 Å². The van der Waals surface area contributed by atoms with Crippen molar-refractivity contribution in [2.45, 2.75) is 51.0 Å². The highest BCUT2D eigenvalue weighted by Crippen LogP contribution is 2.46. The number of aliphatic hydroxyl groups is 2. The number of fused-ring (bicyclic) bond motifs is 5. The SMILES string of the molecule is CC[C@@]1(O)C(=O)OCc2c1cc1n(c2=O)Cc2c-1nc1cc(F)c(Cl)c3c1c2C(NC(=O)CO)CC3. The van der Waals surface area contributed by atoms with Crippen LogP contribution in [0.5, 0.6) is 0 Å². The lowest BCUT2D eigenvalue weighted by molar-refractivity contribution is -0.172. The zero-order chi connectivity index (χ0) is 25.5. The number of ether oxygens (including phenoxy) is 1. The van der Waals surface area contributed by atoms with Crippen LogP contribution in [0.3, 0.4) is 0 Å². The second-order valence-corrected chi connectivity index (χ2v) is 9.70. The zero-order valence-corrected chi connectivity index (χ0v) is 19.9. The van der Waals surface area contributed by atoms with Crippen molar-refractivity contribution >= 4 is 34.4 Å². The molecule has 2 aliphatic heterocycles. The molecule has 4 heterocycles. The highest BCUT2D eigenvalue weighted by atomic mass is 35.5. The number of halogens is 2. The minimum atomic E-state index is -1.97. The van der Waals surface area contributed by atoms with Gasteiger partial charge in [0, 0.05) is 22.6 Å². The number of esters is 1. The van der Waals surface area contributed by atoms with E-state index < -0.39 is 41.5 Å². The summed E-state index contributed by atoms with van der Waals surface area (Å²) in [6.07, 6.45) is 0.807. The fourth-order valence-corrected chi connectivity index (χ4v) is 5.98. The summed E-state index contributed by atoms with van der Waals surface area (Å²) in [6.45, 7) is 0.787. The lowest BCUT2D eigenvalue weighted by Crippen LogP contribution is -2.44. The van der Waals surface area contributed by atoms with E-state index in [0.29, 0.717) is 51.8 Å². The summed E-state index contributed by atoms with van der Waals surface area (Å²) in [7, 11) is 0. The standard InChI is InChI=1S/C25H21ClFN3O6/c1-2-25(35)13-5-17-22-11(7-30(17)23(33)12(13)9-36-24(25)34)20-15(28-18(32)8-31)4-3-10-19(20)16(29-22)6-14(27)21(10)26/h5-6,15,31,35H,2-4,7-9H2,1H3,(H,28,32)/t15?,25-/m0/s1. The molecule has 3 aliphatic rings. The van der Waals surface area contributed by atoms with Crippen LogP contribution in [0.15, 0.2) is 16.9 Å². The van der Waals surface area contributed by atoms with Gasteiger partial charge in [-0.25, -0.2) is 14.2 Å². The Labute approximate surface area is 208 Å². The van der Waals surface area contributed by atoms with Gasteiger partial charge in [-0.05, 0) is 36.5 Å². The van der Waals surface area contributed by atoms with E-state index in [0.717, 1.165) is 0 Å². The summed E-state index contributed by atoms with van der Waals surface area (Å²) in [4.78, 5) is 42.8. The summed E-state index contributed by atoms with van der Waals surface area (Å²) in [5.41, 5.74) is 0.951. The number of nitrogens with one attached hydrogen (secondary N) is 1. The highest BCUT2D eigenvalue weighted by Gasteiger charge is 2.46. The molecule has 2 aromatic heterocycles. The van der Waals surface area contributed by atoms with Crippen LogP contribution in [0.2, 0.25) is 5.02 Å². The topological polar surface area (TPSA) is 131 Å². The van der Waals surface area contributed by atoms with Gasteiger partial charge in [-0.3, -0.25) is 9.59 Å². The van der Waals surface area contributed by atoms with Crippen LogP contribution in [0.4, 0.5) is 4.39 Å². The largest absolute Gasteiger partial charge is 0.458 e. The van der Waals surface area contributed by atoms with Gasteiger partial charge in [0.05, 0.1) is 40.1 Å². The number of carbonyl (C=O) groups is 2. The van der Waals surface area contributed by atoms with E-state index in [1.165, 1.54) is 10.6 Å². The van der Waals surface area contributed by atoms with E-state index in [1.807, 2.05) is 0 Å². The Balaban J connectivity index is 1.66. The first-order valence-corrected chi connectivity index (χ1v) is 12.0. The number of hydrogen-bond acceptors (Lipinski definition) is 7. The molecule has 3 aromatic rings. The van der Waals surface area contributed by atoms with Crippen molar-refractivity contribution in [1.29, 1.82) is 0 Å². The number of aliphatic hydroxyl groups excluding tert-OH is 1. The summed E-state index contributed by atoms with van der Waals surface area (Å²) in [5, 5.41) is 23.8. The highest BCUT2D eigenvalue weighted by molar-refractivity contribution is 6.32. The van der Waals surface area contributed by atoms with Crippen LogP contribution in [0.25, 0.3) is 22.3 Å². The molecular weight excluding hydrogens is 493 g/mol. The lowest BCUT2D eigenvalue weighted by Gasteiger charge is -2.31. The third kappa shape index (κ3) is 2.95. The Hall–Kier alpha value is -3.34. The number of benzene rings is 1. The first-order chi connectivity index (χ1) is 17.2. The van der Waals surface area contributed by atoms with Gasteiger partial charge in [-0.15, -0.1) is 0 Å². The minimum absolute atomic E-state index is 0.00726. The Bertz CT molecular complexity index is 1580. The van der Waals surface area contributed by atoms with Gasteiger partial charge >= 0.3 is 5.97 Å². The molecule has 9 nitrogen and oxygen atoms in total. The maximum atomic E-state index is 14.7. The molecule has 1 unspecified atom stereocenters. The second kappa shape index (κ2) is 7.83. The summed E-state index contributed by atoms with van der Waals surface area (Å²) < 4.78 is 21.3.